The first-order chi connectivity index (χ1) is 7.08. The van der Waals surface area contributed by atoms with E-state index >= 15 is 0 Å². The van der Waals surface area contributed by atoms with Crippen molar-refractivity contribution in [1.29, 1.82) is 0 Å². The van der Waals surface area contributed by atoms with Crippen molar-refractivity contribution in [1.82, 2.24) is 0 Å². The van der Waals surface area contributed by atoms with Gasteiger partial charge in [0.1, 0.15) is 0 Å². The van der Waals surface area contributed by atoms with Crippen LogP contribution in [0, 0.1) is 0 Å². The number of hydrogen-bond acceptors (Lipinski definition) is 1. The highest BCUT2D eigenvalue weighted by molar-refractivity contribution is 5.22. The molecule has 90 valence electrons. The Labute approximate surface area is 96.8 Å². The molecule has 0 amide bonds. The lowest BCUT2D eigenvalue weighted by Crippen LogP contribution is -1.89. The quantitative estimate of drug-likeness (QED) is 0.666. The minimum Gasteiger partial charge on any atom is -0.402 e. The highest BCUT2D eigenvalue weighted by Crippen LogP contribution is 1.96. The Balaban J connectivity index is -0.000000202. The number of nitrogens with two attached hydrogens (primary N) is 1. The van der Waals surface area contributed by atoms with Crippen molar-refractivity contribution in [2.75, 3.05) is 0 Å². The number of hydrogen-bond donors (Lipinski definition) is 1. The smallest absolute Gasteiger partial charge is 0.00515 e. The van der Waals surface area contributed by atoms with E-state index in [9.17, 15) is 0 Å². The second kappa shape index (κ2) is 18.7. The summed E-state index contributed by atoms with van der Waals surface area (Å²) < 4.78 is 0. The highest BCUT2D eigenvalue weighted by atomic mass is 14.5. The second-order valence-corrected chi connectivity index (χ2v) is 3.03. The molecule has 0 rings (SSSR count). The van der Waals surface area contributed by atoms with E-state index < -0.39 is 0 Å². The van der Waals surface area contributed by atoms with Crippen molar-refractivity contribution in [3.05, 3.63) is 36.1 Å². The molecule has 0 saturated heterocycles. The van der Waals surface area contributed by atoms with Crippen molar-refractivity contribution in [3.63, 3.8) is 0 Å². The molecule has 0 unspecified atom stereocenters. The summed E-state index contributed by atoms with van der Waals surface area (Å²) in [5, 5.41) is 0. The van der Waals surface area contributed by atoms with E-state index in [-0.39, 0.29) is 0 Å². The lowest BCUT2D eigenvalue weighted by molar-refractivity contribution is 0.886. The van der Waals surface area contributed by atoms with E-state index in [1.165, 1.54) is 12.8 Å². The van der Waals surface area contributed by atoms with Gasteiger partial charge in [0.25, 0.3) is 0 Å². The Bertz CT molecular complexity index is 170. The molecule has 0 saturated carbocycles. The summed E-state index contributed by atoms with van der Waals surface area (Å²) >= 11 is 0. The summed E-state index contributed by atoms with van der Waals surface area (Å²) in [5.41, 5.74) is 7.36. The predicted octanol–water partition coefficient (Wildman–Crippen LogP) is 4.81. The van der Waals surface area contributed by atoms with Crippen LogP contribution in [-0.4, -0.2) is 0 Å². The zero-order valence-corrected chi connectivity index (χ0v) is 11.4. The van der Waals surface area contributed by atoms with Crippen LogP contribution >= 0.6 is 0 Å². The van der Waals surface area contributed by atoms with E-state index in [1.807, 2.05) is 39.8 Å². The van der Waals surface area contributed by atoms with Crippen LogP contribution in [0.25, 0.3) is 0 Å². The number of allylic oxidation sites excluding steroid dienone is 5. The van der Waals surface area contributed by atoms with Crippen LogP contribution in [0.4, 0.5) is 0 Å². The molecule has 0 aromatic heterocycles. The van der Waals surface area contributed by atoms with E-state index in [0.717, 1.165) is 11.3 Å². The zero-order chi connectivity index (χ0) is 12.7. The van der Waals surface area contributed by atoms with E-state index in [0.29, 0.717) is 0 Å². The molecular formula is C14H29N. The molecular weight excluding hydrogens is 182 g/mol. The van der Waals surface area contributed by atoms with Gasteiger partial charge in [-0.1, -0.05) is 59.3 Å². The Kier molecular flexibility index (Phi) is 24.4. The fourth-order valence-electron chi connectivity index (χ4n) is 0.593. The largest absolute Gasteiger partial charge is 0.402 e. The average Bonchev–Trinajstić information content (AvgIpc) is 2.20. The van der Waals surface area contributed by atoms with Gasteiger partial charge in [0.2, 0.25) is 0 Å². The Morgan fingerprint density at radius 2 is 1.53 bits per heavy atom. The van der Waals surface area contributed by atoms with Crippen LogP contribution in [0.5, 0.6) is 0 Å². The third kappa shape index (κ3) is 32.1. The molecule has 0 aromatic rings. The van der Waals surface area contributed by atoms with Gasteiger partial charge in [-0.3, -0.25) is 0 Å². The van der Waals surface area contributed by atoms with Gasteiger partial charge in [-0.05, 0) is 25.5 Å². The molecule has 0 fully saturated rings. The monoisotopic (exact) mass is 211 g/mol. The lowest BCUT2D eigenvalue weighted by Gasteiger charge is -1.89. The second-order valence-electron chi connectivity index (χ2n) is 3.03. The standard InChI is InChI=1S/C8H13N.C4H10.C2H6/c1-4-5-7(2)6-8(3)9;1-3-4-2;1-2/h4-6H,1,9H2,2-3H3;3-4H2,1-2H3;1-2H3/b7-5-,8-6-;;. The molecule has 0 atom stereocenters. The molecule has 0 bridgehead atoms. The van der Waals surface area contributed by atoms with Crippen LogP contribution < -0.4 is 5.73 Å². The zero-order valence-electron chi connectivity index (χ0n) is 11.4. The van der Waals surface area contributed by atoms with Gasteiger partial charge in [0.05, 0.1) is 0 Å². The van der Waals surface area contributed by atoms with Gasteiger partial charge in [0.15, 0.2) is 0 Å². The van der Waals surface area contributed by atoms with Gasteiger partial charge in [0, 0.05) is 5.70 Å². The number of unbranched alkanes of at least 4 members (excludes halogenated alkanes) is 1. The molecule has 0 aromatic carbocycles. The van der Waals surface area contributed by atoms with E-state index in [4.69, 9.17) is 5.73 Å². The molecule has 0 radical (unpaired) electrons. The minimum atomic E-state index is 0.825. The van der Waals surface area contributed by atoms with Crippen molar-refractivity contribution >= 4 is 0 Å². The fraction of sp³-hybridized carbons (Fsp3) is 0.571. The van der Waals surface area contributed by atoms with Crippen molar-refractivity contribution in [2.45, 2.75) is 54.4 Å². The Morgan fingerprint density at radius 1 is 1.13 bits per heavy atom. The summed E-state index contributed by atoms with van der Waals surface area (Å²) in [4.78, 5) is 0. The fourth-order valence-corrected chi connectivity index (χ4v) is 0.593. The first kappa shape index (κ1) is 19.6. The van der Waals surface area contributed by atoms with E-state index in [2.05, 4.69) is 20.4 Å². The molecule has 0 aliphatic carbocycles. The molecule has 0 aliphatic rings. The van der Waals surface area contributed by atoms with Crippen LogP contribution in [0.15, 0.2) is 36.1 Å². The normalized spacial score (nSPS) is 10.5. The Morgan fingerprint density at radius 3 is 1.73 bits per heavy atom. The van der Waals surface area contributed by atoms with Crippen LogP contribution in [-0.2, 0) is 0 Å². The maximum atomic E-state index is 5.41. The van der Waals surface area contributed by atoms with Crippen molar-refractivity contribution in [2.24, 2.45) is 5.73 Å². The van der Waals surface area contributed by atoms with Gasteiger partial charge in [-0.15, -0.1) is 0 Å². The maximum Gasteiger partial charge on any atom is 0.00515 e. The lowest BCUT2D eigenvalue weighted by atomic mass is 10.2. The van der Waals surface area contributed by atoms with Crippen LogP contribution in [0.2, 0.25) is 0 Å². The molecule has 0 heterocycles. The molecule has 1 nitrogen and oxygen atoms in total. The molecule has 1 heteroatoms. The first-order valence-electron chi connectivity index (χ1n) is 5.81. The van der Waals surface area contributed by atoms with Gasteiger partial charge < -0.3 is 5.73 Å². The van der Waals surface area contributed by atoms with Crippen molar-refractivity contribution < 1.29 is 0 Å². The highest BCUT2D eigenvalue weighted by Gasteiger charge is 1.78. The molecule has 0 spiro atoms. The summed E-state index contributed by atoms with van der Waals surface area (Å²) in [6, 6.07) is 0. The van der Waals surface area contributed by atoms with Crippen molar-refractivity contribution in [3.8, 4) is 0 Å². The summed E-state index contributed by atoms with van der Waals surface area (Å²) in [6.45, 7) is 15.8. The van der Waals surface area contributed by atoms with Gasteiger partial charge >= 0.3 is 0 Å². The molecule has 15 heavy (non-hydrogen) atoms. The third-order valence-corrected chi connectivity index (χ3v) is 1.34. The summed E-state index contributed by atoms with van der Waals surface area (Å²) in [7, 11) is 0. The average molecular weight is 211 g/mol. The van der Waals surface area contributed by atoms with Gasteiger partial charge in [-0.2, -0.15) is 0 Å². The van der Waals surface area contributed by atoms with Crippen LogP contribution in [0.3, 0.4) is 0 Å². The van der Waals surface area contributed by atoms with Gasteiger partial charge in [-0.25, -0.2) is 0 Å². The number of rotatable bonds is 3. The van der Waals surface area contributed by atoms with E-state index in [1.54, 1.807) is 6.08 Å². The SMILES string of the molecule is C=C/C=C(C)\C=C(\C)N.CC.CCCC. The maximum absolute atomic E-state index is 5.41. The Hall–Kier alpha value is -0.980. The molecule has 2 N–H and O–H groups in total. The topological polar surface area (TPSA) is 26.0 Å². The third-order valence-electron chi connectivity index (χ3n) is 1.34. The summed E-state index contributed by atoms with van der Waals surface area (Å²) in [5.74, 6) is 0. The first-order valence-corrected chi connectivity index (χ1v) is 5.81. The minimum absolute atomic E-state index is 0.825. The predicted molar refractivity (Wildman–Crippen MR) is 73.8 cm³/mol. The summed E-state index contributed by atoms with van der Waals surface area (Å²) in [6.07, 6.45) is 8.20. The van der Waals surface area contributed by atoms with Crippen LogP contribution in [0.1, 0.15) is 54.4 Å². The molecule has 0 aliphatic heterocycles.